The van der Waals surface area contributed by atoms with Crippen LogP contribution in [0.4, 0.5) is 11.6 Å². The van der Waals surface area contributed by atoms with E-state index in [9.17, 15) is 14.0 Å². The summed E-state index contributed by atoms with van der Waals surface area (Å²) in [4.78, 5) is 36.7. The Morgan fingerprint density at radius 1 is 1.17 bits per heavy atom. The number of nitrogens with one attached hydrogen (secondary N) is 1. The van der Waals surface area contributed by atoms with Crippen molar-refractivity contribution in [3.8, 4) is 0 Å². The van der Waals surface area contributed by atoms with Gasteiger partial charge in [0.1, 0.15) is 54.8 Å². The van der Waals surface area contributed by atoms with Crippen LogP contribution >= 0.6 is 27.8 Å². The van der Waals surface area contributed by atoms with Crippen molar-refractivity contribution in [3.05, 3.63) is 19.0 Å². The van der Waals surface area contributed by atoms with Gasteiger partial charge in [-0.05, 0) is 5.75 Å². The Labute approximate surface area is 319 Å². The van der Waals surface area contributed by atoms with Gasteiger partial charge in [0.2, 0.25) is 0 Å². The Morgan fingerprint density at radius 2 is 1.91 bits per heavy atom. The van der Waals surface area contributed by atoms with Crippen LogP contribution in [0.15, 0.2) is 24.1 Å². The zero-order valence-electron chi connectivity index (χ0n) is 27.9. The number of aromatic nitrogens is 8. The molecule has 3 saturated heterocycles. The second-order valence-corrected chi connectivity index (χ2v) is 13.0. The average Bonchev–Trinajstić information content (AvgIpc) is 3.73. The maximum atomic E-state index is 11.4. The molecule has 0 bridgehead atoms. The number of aromatic amines is 1. The van der Waals surface area contributed by atoms with Gasteiger partial charge in [-0.15, -0.1) is 9.05 Å². The number of H-pyrrole nitrogens is 1. The molecule has 20 nitrogen and oxygen atoms in total. The van der Waals surface area contributed by atoms with E-state index in [1.807, 2.05) is 0 Å². The number of ether oxygens (including phenoxy) is 2. The molecule has 0 aromatic carbocycles. The predicted octanol–water partition coefficient (Wildman–Crippen LogP) is -4.44. The summed E-state index contributed by atoms with van der Waals surface area (Å²) in [7, 11) is -4.54. The van der Waals surface area contributed by atoms with E-state index in [0.29, 0.717) is 29.0 Å². The number of hydrogen-bond acceptors (Lipinski definition) is 18. The van der Waals surface area contributed by atoms with Gasteiger partial charge in [0, 0.05) is 18.1 Å². The molecular weight excluding hydrogens is 704 g/mol. The maximum absolute atomic E-state index is 11.4. The number of aliphatic hydroxyl groups is 1. The van der Waals surface area contributed by atoms with Crippen LogP contribution in [0.3, 0.4) is 0 Å². The monoisotopic (exact) mass is 737 g/mol. The average molecular weight is 738 g/mol. The maximum Gasteiger partial charge on any atom is 1.00 e. The van der Waals surface area contributed by atoms with E-state index in [2.05, 4.69) is 46.3 Å². The number of anilines is 2. The molecule has 0 spiro atoms. The number of thioether (sulfide) groups is 1. The largest absolute Gasteiger partial charge is 1.00 e. The third-order valence-corrected chi connectivity index (χ3v) is 9.03. The van der Waals surface area contributed by atoms with Crippen LogP contribution in [0.1, 0.15) is 22.4 Å². The van der Waals surface area contributed by atoms with E-state index in [1.165, 1.54) is 19.8 Å². The standard InChI is InChI=1S/C10H12N5O5P.C7H9N5S.C5H10O5P.2Na.2H/c11-9-8-10(13-3-12-9)15(4-14-8)7-1-5-6(19-7)2-18-21(16,17)20-5;1-2-13-7-11-4-5(8)9-3-10-6(4)12-7;1-8-3-5-4(6)2-9-11(7)10-5;;;;/h3-7H,1-2H2,(H,16,17)(H2,11,12,13);3H,2H2,1H3,(H3,8,9,10,11,12);4-6H,2-3H2,1H3;;;;/q;;3*+1;2*-1/t5-,6+,7+;;4-,5+;;;;/m0.1..../s1. The first kappa shape index (κ1) is 40.5. The summed E-state index contributed by atoms with van der Waals surface area (Å²) in [5, 5.41) is 10.00. The number of imidazole rings is 2. The van der Waals surface area contributed by atoms with Crippen LogP contribution in [-0.4, -0.2) is 107 Å². The third-order valence-electron chi connectivity index (χ3n) is 6.46. The minimum Gasteiger partial charge on any atom is -1.00 e. The van der Waals surface area contributed by atoms with Crippen LogP contribution in [0.25, 0.3) is 22.3 Å². The van der Waals surface area contributed by atoms with Crippen molar-refractivity contribution < 1.29 is 109 Å². The van der Waals surface area contributed by atoms with E-state index in [-0.39, 0.29) is 87.6 Å². The smallest absolute Gasteiger partial charge is 1.00 e. The normalized spacial score (nSPS) is 27.4. The summed E-state index contributed by atoms with van der Waals surface area (Å²) >= 11 is 1.62. The Morgan fingerprint density at radius 3 is 2.64 bits per heavy atom. The Hall–Kier alpha value is -0.940. The summed E-state index contributed by atoms with van der Waals surface area (Å²) in [6.45, 7) is 2.35. The quantitative estimate of drug-likeness (QED) is 0.0734. The molecule has 7 rings (SSSR count). The van der Waals surface area contributed by atoms with Crippen molar-refractivity contribution >= 4 is 61.8 Å². The molecule has 0 aliphatic carbocycles. The fourth-order valence-electron chi connectivity index (χ4n) is 4.37. The molecule has 7 N–H and O–H groups in total. The van der Waals surface area contributed by atoms with Crippen molar-refractivity contribution in [1.82, 2.24) is 39.5 Å². The van der Waals surface area contributed by atoms with E-state index in [4.69, 9.17) is 39.6 Å². The van der Waals surface area contributed by atoms with Crippen molar-refractivity contribution in [2.45, 2.75) is 49.1 Å². The van der Waals surface area contributed by atoms with E-state index in [0.717, 1.165) is 16.4 Å². The van der Waals surface area contributed by atoms with Crippen LogP contribution in [0, 0.1) is 0 Å². The van der Waals surface area contributed by atoms with Gasteiger partial charge in [-0.3, -0.25) is 13.6 Å². The first-order chi connectivity index (χ1) is 21.6. The molecule has 3 aliphatic rings. The molecule has 4 aromatic rings. The summed E-state index contributed by atoms with van der Waals surface area (Å²) in [5.41, 5.74) is 13.7. The number of methoxy groups -OCH3 is 1. The van der Waals surface area contributed by atoms with Crippen LogP contribution < -0.4 is 70.6 Å². The number of nitrogens with zero attached hydrogens (tertiary/aromatic N) is 7. The Bertz CT molecular complexity index is 1700. The van der Waals surface area contributed by atoms with E-state index in [1.54, 1.807) is 22.7 Å². The minimum absolute atomic E-state index is 0. The molecule has 0 saturated carbocycles. The van der Waals surface area contributed by atoms with E-state index < -0.39 is 46.7 Å². The molecule has 7 heterocycles. The van der Waals surface area contributed by atoms with Gasteiger partial charge in [-0.1, -0.05) is 18.7 Å². The van der Waals surface area contributed by atoms with Crippen molar-refractivity contribution in [1.29, 1.82) is 0 Å². The second-order valence-electron chi connectivity index (χ2n) is 9.47. The topological polar surface area (TPSA) is 280 Å². The fourth-order valence-corrected chi connectivity index (χ4v) is 6.69. The van der Waals surface area contributed by atoms with Crippen LogP contribution in [0.2, 0.25) is 0 Å². The number of fused-ring (bicyclic) bond motifs is 3. The van der Waals surface area contributed by atoms with Gasteiger partial charge in [0.05, 0.1) is 19.5 Å². The fraction of sp³-hybridized carbons (Fsp3) is 0.545. The first-order valence-electron chi connectivity index (χ1n) is 13.4. The SMILES string of the molecule is CCSc1nc2ncnc(N)c2[nH]1.COC[C@@H]1O[P+](=O)OC[C@H]1O.Nc1ncnc2c1ncn2[C@H]1C[C@@H]2OP(=O)(O)OC[C@H]2O1.[H-].[H-].[Na+].[Na+]. The first-order valence-corrected chi connectivity index (χ1v) is 16.9. The predicted molar refractivity (Wildman–Crippen MR) is 160 cm³/mol. The molecule has 0 radical (unpaired) electrons. The molecule has 7 atom stereocenters. The number of phosphoric acid groups is 1. The summed E-state index contributed by atoms with van der Waals surface area (Å²) < 4.78 is 53.4. The number of nitrogens with two attached hydrogens (primary N) is 2. The van der Waals surface area contributed by atoms with E-state index >= 15 is 0 Å². The molecule has 3 aliphatic heterocycles. The number of nitrogen functional groups attached to an aromatic ring is 2. The third kappa shape index (κ3) is 10.3. The van der Waals surface area contributed by atoms with Crippen LogP contribution in [0.5, 0.6) is 0 Å². The van der Waals surface area contributed by atoms with Gasteiger partial charge in [0.25, 0.3) is 0 Å². The van der Waals surface area contributed by atoms with Gasteiger partial charge >= 0.3 is 75.2 Å². The molecule has 2 unspecified atom stereocenters. The molecule has 47 heavy (non-hydrogen) atoms. The second kappa shape index (κ2) is 18.3. The Balaban J connectivity index is 0.000000376. The van der Waals surface area contributed by atoms with Crippen molar-refractivity contribution in [3.63, 3.8) is 0 Å². The minimum atomic E-state index is -3.97. The molecular formula is C22H33N10Na2O10P2S+. The zero-order valence-corrected chi connectivity index (χ0v) is 32.5. The summed E-state index contributed by atoms with van der Waals surface area (Å²) in [6.07, 6.45) is 2.11. The molecule has 248 valence electrons. The molecule has 25 heteroatoms. The summed E-state index contributed by atoms with van der Waals surface area (Å²) in [5.74, 6) is 1.70. The van der Waals surface area contributed by atoms with Crippen molar-refractivity contribution in [2.75, 3.05) is 44.2 Å². The zero-order chi connectivity index (χ0) is 32.1. The number of aliphatic hydroxyl groups excluding tert-OH is 1. The van der Waals surface area contributed by atoms with Crippen LogP contribution in [-0.2, 0) is 36.7 Å². The van der Waals surface area contributed by atoms with Crippen molar-refractivity contribution in [2.24, 2.45) is 0 Å². The van der Waals surface area contributed by atoms with Gasteiger partial charge in [0.15, 0.2) is 34.2 Å². The number of hydrogen-bond donors (Lipinski definition) is 5. The summed E-state index contributed by atoms with van der Waals surface area (Å²) in [6, 6.07) is 0. The molecule has 4 aromatic heterocycles. The molecule has 3 fully saturated rings. The number of phosphoric ester groups is 1. The van der Waals surface area contributed by atoms with Gasteiger partial charge in [-0.2, -0.15) is 0 Å². The van der Waals surface area contributed by atoms with Gasteiger partial charge < -0.3 is 38.8 Å². The molecule has 0 amide bonds. The number of rotatable bonds is 5. The van der Waals surface area contributed by atoms with Gasteiger partial charge in [-0.25, -0.2) is 34.5 Å². The Kier molecular flexibility index (Phi) is 15.8.